The molecule has 1 aliphatic rings. The average Bonchev–Trinajstić information content (AvgIpc) is 2.87. The summed E-state index contributed by atoms with van der Waals surface area (Å²) in [7, 11) is 1.28. The molecule has 1 aromatic rings. The first kappa shape index (κ1) is 15.3. The molecule has 1 fully saturated rings. The van der Waals surface area contributed by atoms with Crippen molar-refractivity contribution in [2.75, 3.05) is 24.5 Å². The summed E-state index contributed by atoms with van der Waals surface area (Å²) in [4.78, 5) is 11.6. The van der Waals surface area contributed by atoms with Crippen molar-refractivity contribution in [1.82, 2.24) is 0 Å². The highest BCUT2D eigenvalue weighted by Gasteiger charge is 2.32. The van der Waals surface area contributed by atoms with Gasteiger partial charge in [0, 0.05) is 6.42 Å². The second-order valence-electron chi connectivity index (χ2n) is 4.76. The molecule has 0 spiro atoms. The fourth-order valence-corrected chi connectivity index (χ4v) is 2.25. The van der Waals surface area contributed by atoms with Crippen LogP contribution in [0.3, 0.4) is 0 Å². The number of hydrogen-bond donors (Lipinski definition) is 3. The number of rotatable bonds is 4. The lowest BCUT2D eigenvalue weighted by molar-refractivity contribution is 0.0190. The predicted octanol–water partition coefficient (Wildman–Crippen LogP) is 0.399. The van der Waals surface area contributed by atoms with Crippen LogP contribution in [0.2, 0.25) is 0 Å². The van der Waals surface area contributed by atoms with Crippen LogP contribution in [0, 0.1) is 0 Å². The SMILES string of the molecule is C=C1CC(N(N)c2cccc(C(=O)OC)c2N)OC1CO. The number of nitrogens with two attached hydrogens (primary N) is 2. The van der Waals surface area contributed by atoms with Gasteiger partial charge in [-0.25, -0.2) is 10.6 Å². The van der Waals surface area contributed by atoms with Crippen molar-refractivity contribution in [3.05, 3.63) is 35.9 Å². The van der Waals surface area contributed by atoms with Gasteiger partial charge in [0.15, 0.2) is 0 Å². The Morgan fingerprint density at radius 2 is 2.33 bits per heavy atom. The first-order valence-electron chi connectivity index (χ1n) is 6.44. The van der Waals surface area contributed by atoms with E-state index in [-0.39, 0.29) is 17.9 Å². The molecule has 0 radical (unpaired) electrons. The van der Waals surface area contributed by atoms with E-state index in [1.165, 1.54) is 12.1 Å². The molecule has 0 saturated carbocycles. The number of methoxy groups -OCH3 is 1. The third kappa shape index (κ3) is 2.85. The number of para-hydroxylation sites is 1. The third-order valence-electron chi connectivity index (χ3n) is 3.46. The number of nitrogen functional groups attached to an aromatic ring is 1. The second-order valence-corrected chi connectivity index (χ2v) is 4.76. The molecule has 2 rings (SSSR count). The molecular weight excluding hydrogens is 274 g/mol. The van der Waals surface area contributed by atoms with Crippen LogP contribution in [0.1, 0.15) is 16.8 Å². The number of anilines is 2. The summed E-state index contributed by atoms with van der Waals surface area (Å²) in [6, 6.07) is 4.90. The maximum Gasteiger partial charge on any atom is 0.340 e. The van der Waals surface area contributed by atoms with Gasteiger partial charge in [-0.2, -0.15) is 0 Å². The van der Waals surface area contributed by atoms with Crippen LogP contribution in [-0.2, 0) is 9.47 Å². The van der Waals surface area contributed by atoms with Gasteiger partial charge in [0.1, 0.15) is 12.3 Å². The average molecular weight is 293 g/mol. The van der Waals surface area contributed by atoms with E-state index in [9.17, 15) is 9.90 Å². The number of benzene rings is 1. The zero-order valence-electron chi connectivity index (χ0n) is 11.8. The first-order valence-corrected chi connectivity index (χ1v) is 6.44. The molecule has 2 unspecified atom stereocenters. The Morgan fingerprint density at radius 3 is 2.90 bits per heavy atom. The molecule has 1 aliphatic heterocycles. The maximum absolute atomic E-state index is 11.6. The number of aliphatic hydroxyl groups is 1. The van der Waals surface area contributed by atoms with E-state index in [2.05, 4.69) is 11.3 Å². The minimum Gasteiger partial charge on any atom is -0.465 e. The minimum atomic E-state index is -0.535. The highest BCUT2D eigenvalue weighted by atomic mass is 16.5. The van der Waals surface area contributed by atoms with Crippen molar-refractivity contribution < 1.29 is 19.4 Å². The van der Waals surface area contributed by atoms with Crippen molar-refractivity contribution >= 4 is 17.3 Å². The van der Waals surface area contributed by atoms with Gasteiger partial charge >= 0.3 is 5.97 Å². The van der Waals surface area contributed by atoms with Crippen molar-refractivity contribution in [3.8, 4) is 0 Å². The number of hydrogen-bond acceptors (Lipinski definition) is 7. The van der Waals surface area contributed by atoms with Crippen molar-refractivity contribution in [2.24, 2.45) is 5.84 Å². The molecule has 0 aliphatic carbocycles. The Balaban J connectivity index is 2.26. The van der Waals surface area contributed by atoms with Crippen LogP contribution in [0.4, 0.5) is 11.4 Å². The highest BCUT2D eigenvalue weighted by molar-refractivity contribution is 5.98. The second kappa shape index (κ2) is 6.13. The fraction of sp³-hybridized carbons (Fsp3) is 0.357. The van der Waals surface area contributed by atoms with Gasteiger partial charge in [-0.1, -0.05) is 12.6 Å². The molecule has 7 nitrogen and oxygen atoms in total. The number of carbonyl (C=O) groups excluding carboxylic acids is 1. The van der Waals surface area contributed by atoms with Crippen LogP contribution < -0.4 is 16.6 Å². The summed E-state index contributed by atoms with van der Waals surface area (Å²) in [5, 5.41) is 10.5. The molecule has 5 N–H and O–H groups in total. The number of aliphatic hydroxyl groups excluding tert-OH is 1. The van der Waals surface area contributed by atoms with Crippen LogP contribution >= 0.6 is 0 Å². The molecular formula is C14H19N3O4. The Hall–Kier alpha value is -2.09. The third-order valence-corrected chi connectivity index (χ3v) is 3.46. The summed E-state index contributed by atoms with van der Waals surface area (Å²) in [6.07, 6.45) is -0.459. The number of carbonyl (C=O) groups is 1. The number of hydrazine groups is 1. The maximum atomic E-state index is 11.6. The van der Waals surface area contributed by atoms with Crippen molar-refractivity contribution in [3.63, 3.8) is 0 Å². The number of esters is 1. The lowest BCUT2D eigenvalue weighted by atomic mass is 10.1. The Kier molecular flexibility index (Phi) is 4.46. The quantitative estimate of drug-likeness (QED) is 0.242. The Bertz CT molecular complexity index is 561. The van der Waals surface area contributed by atoms with Crippen molar-refractivity contribution in [2.45, 2.75) is 18.8 Å². The molecule has 2 atom stereocenters. The number of ether oxygens (including phenoxy) is 2. The lowest BCUT2D eigenvalue weighted by Crippen LogP contribution is -2.42. The molecule has 1 saturated heterocycles. The van der Waals surface area contributed by atoms with Gasteiger partial charge in [0.2, 0.25) is 0 Å². The zero-order chi connectivity index (χ0) is 15.6. The first-order chi connectivity index (χ1) is 9.99. The van der Waals surface area contributed by atoms with Crippen molar-refractivity contribution in [1.29, 1.82) is 0 Å². The molecule has 114 valence electrons. The summed E-state index contributed by atoms with van der Waals surface area (Å²) in [5.41, 5.74) is 7.65. The molecule has 0 aromatic heterocycles. The van der Waals surface area contributed by atoms with Gasteiger partial charge in [0.25, 0.3) is 0 Å². The van der Waals surface area contributed by atoms with E-state index < -0.39 is 18.3 Å². The molecule has 0 bridgehead atoms. The van der Waals surface area contributed by atoms with E-state index >= 15 is 0 Å². The van der Waals surface area contributed by atoms with Gasteiger partial charge in [-0.05, 0) is 17.7 Å². The smallest absolute Gasteiger partial charge is 0.340 e. The zero-order valence-corrected chi connectivity index (χ0v) is 11.8. The van der Waals surface area contributed by atoms with E-state index in [0.717, 1.165) is 5.57 Å². The van der Waals surface area contributed by atoms with E-state index in [0.29, 0.717) is 12.1 Å². The van der Waals surface area contributed by atoms with Crippen LogP contribution in [-0.4, -0.2) is 37.1 Å². The van der Waals surface area contributed by atoms with Crippen LogP contribution in [0.15, 0.2) is 30.4 Å². The predicted molar refractivity (Wildman–Crippen MR) is 78.4 cm³/mol. The van der Waals surface area contributed by atoms with Crippen LogP contribution in [0.25, 0.3) is 0 Å². The summed E-state index contributed by atoms with van der Waals surface area (Å²) in [5.74, 6) is 5.51. The highest BCUT2D eigenvalue weighted by Crippen LogP contribution is 2.32. The van der Waals surface area contributed by atoms with Gasteiger partial charge in [-0.3, -0.25) is 5.01 Å². The summed E-state index contributed by atoms with van der Waals surface area (Å²) >= 11 is 0. The minimum absolute atomic E-state index is 0.152. The normalized spacial score (nSPS) is 21.4. The Labute approximate surface area is 122 Å². The van der Waals surface area contributed by atoms with Gasteiger partial charge in [-0.15, -0.1) is 0 Å². The molecule has 1 heterocycles. The fourth-order valence-electron chi connectivity index (χ4n) is 2.25. The standard InChI is InChI=1S/C14H19N3O4/c1-8-6-12(21-11(8)7-18)17(16)10-5-3-4-9(13(10)15)14(19)20-2/h3-5,11-12,18H,1,6-7,15-16H2,2H3. The molecule has 21 heavy (non-hydrogen) atoms. The van der Waals surface area contributed by atoms with E-state index in [1.807, 2.05) is 0 Å². The molecule has 0 amide bonds. The molecule has 1 aromatic carbocycles. The van der Waals surface area contributed by atoms with E-state index in [1.54, 1.807) is 18.2 Å². The molecule has 7 heteroatoms. The van der Waals surface area contributed by atoms with Crippen LogP contribution in [0.5, 0.6) is 0 Å². The largest absolute Gasteiger partial charge is 0.465 e. The summed E-state index contributed by atoms with van der Waals surface area (Å²) < 4.78 is 10.3. The lowest BCUT2D eigenvalue weighted by Gasteiger charge is -2.27. The summed E-state index contributed by atoms with van der Waals surface area (Å²) in [6.45, 7) is 3.69. The number of nitrogens with zero attached hydrogens (tertiary/aromatic N) is 1. The van der Waals surface area contributed by atoms with Gasteiger partial charge < -0.3 is 20.3 Å². The van der Waals surface area contributed by atoms with Gasteiger partial charge in [0.05, 0.1) is 30.7 Å². The Morgan fingerprint density at radius 1 is 1.62 bits per heavy atom. The topological polar surface area (TPSA) is 111 Å². The van der Waals surface area contributed by atoms with E-state index in [4.69, 9.17) is 16.3 Å². The monoisotopic (exact) mass is 293 g/mol.